The van der Waals surface area contributed by atoms with Gasteiger partial charge in [-0.05, 0) is 54.6 Å². The van der Waals surface area contributed by atoms with Crippen LogP contribution in [0.15, 0.2) is 60.7 Å². The number of rotatable bonds is 6. The van der Waals surface area contributed by atoms with Gasteiger partial charge in [-0.2, -0.15) is 0 Å². The van der Waals surface area contributed by atoms with E-state index in [0.717, 1.165) is 11.3 Å². The maximum absolute atomic E-state index is 12.2. The third-order valence-electron chi connectivity index (χ3n) is 4.74. The fourth-order valence-corrected chi connectivity index (χ4v) is 3.20. The topological polar surface area (TPSA) is 109 Å². The van der Waals surface area contributed by atoms with Gasteiger partial charge in [-0.25, -0.2) is 19.3 Å². The van der Waals surface area contributed by atoms with Crippen LogP contribution in [0, 0.1) is 0 Å². The molecule has 0 saturated heterocycles. The molecule has 0 N–H and O–H groups in total. The summed E-state index contributed by atoms with van der Waals surface area (Å²) in [5.41, 5.74) is 1.75. The van der Waals surface area contributed by atoms with Gasteiger partial charge in [0.25, 0.3) is 0 Å². The molecular formula is C24H18ClN5O4. The van der Waals surface area contributed by atoms with E-state index in [1.807, 2.05) is 42.5 Å². The van der Waals surface area contributed by atoms with E-state index in [1.165, 1.54) is 20.3 Å². The molecule has 0 bridgehead atoms. The highest BCUT2D eigenvalue weighted by Gasteiger charge is 2.18. The van der Waals surface area contributed by atoms with Crippen LogP contribution in [-0.4, -0.2) is 51.1 Å². The van der Waals surface area contributed by atoms with Crippen LogP contribution in [0.3, 0.4) is 0 Å². The molecule has 0 saturated carbocycles. The SMILES string of the molecule is COC(=O)c1cc(/C=C/c2nc(-c3ccc(Cl)cc3)nn2-c2ccccc2)c(C(=O)OC)nn1. The molecule has 0 radical (unpaired) electrons. The number of nitrogens with zero attached hydrogens (tertiary/aromatic N) is 5. The van der Waals surface area contributed by atoms with Crippen LogP contribution in [-0.2, 0) is 9.47 Å². The van der Waals surface area contributed by atoms with Crippen LogP contribution < -0.4 is 0 Å². The molecule has 0 atom stereocenters. The van der Waals surface area contributed by atoms with Gasteiger partial charge in [0.15, 0.2) is 23.0 Å². The van der Waals surface area contributed by atoms with Crippen molar-refractivity contribution in [1.29, 1.82) is 0 Å². The molecule has 34 heavy (non-hydrogen) atoms. The smallest absolute Gasteiger partial charge is 0.359 e. The summed E-state index contributed by atoms with van der Waals surface area (Å²) >= 11 is 6.01. The molecule has 0 aliphatic heterocycles. The zero-order valence-corrected chi connectivity index (χ0v) is 18.9. The zero-order valence-electron chi connectivity index (χ0n) is 18.2. The Labute approximate surface area is 199 Å². The average Bonchev–Trinajstić information content (AvgIpc) is 3.31. The summed E-state index contributed by atoms with van der Waals surface area (Å²) < 4.78 is 11.1. The number of aromatic nitrogens is 5. The Morgan fingerprint density at radius 2 is 1.62 bits per heavy atom. The Morgan fingerprint density at radius 3 is 2.29 bits per heavy atom. The number of hydrogen-bond acceptors (Lipinski definition) is 8. The minimum atomic E-state index is -0.699. The van der Waals surface area contributed by atoms with E-state index in [4.69, 9.17) is 21.1 Å². The van der Waals surface area contributed by atoms with Gasteiger partial charge >= 0.3 is 11.9 Å². The summed E-state index contributed by atoms with van der Waals surface area (Å²) in [4.78, 5) is 28.7. The largest absolute Gasteiger partial charge is 0.464 e. The quantitative estimate of drug-likeness (QED) is 0.383. The van der Waals surface area contributed by atoms with Gasteiger partial charge in [0, 0.05) is 16.1 Å². The third kappa shape index (κ3) is 4.84. The highest BCUT2D eigenvalue weighted by atomic mass is 35.5. The number of carbonyl (C=O) groups is 2. The van der Waals surface area contributed by atoms with Gasteiger partial charge in [-0.15, -0.1) is 15.3 Å². The molecule has 0 fully saturated rings. The number of hydrogen-bond donors (Lipinski definition) is 0. The van der Waals surface area contributed by atoms with Gasteiger partial charge in [-0.3, -0.25) is 0 Å². The summed E-state index contributed by atoms with van der Waals surface area (Å²) in [6.45, 7) is 0. The van der Waals surface area contributed by atoms with Crippen LogP contribution in [0.5, 0.6) is 0 Å². The van der Waals surface area contributed by atoms with E-state index in [2.05, 4.69) is 20.3 Å². The van der Waals surface area contributed by atoms with Crippen LogP contribution in [0.1, 0.15) is 32.4 Å². The van der Waals surface area contributed by atoms with Crippen molar-refractivity contribution in [2.24, 2.45) is 0 Å². The molecule has 0 aliphatic carbocycles. The minimum absolute atomic E-state index is 0.0545. The Bertz CT molecular complexity index is 1370. The zero-order chi connectivity index (χ0) is 24.1. The second-order valence-electron chi connectivity index (χ2n) is 6.90. The van der Waals surface area contributed by atoms with Crippen LogP contribution in [0.25, 0.3) is 29.2 Å². The first-order chi connectivity index (χ1) is 16.5. The molecule has 0 aliphatic rings. The molecule has 170 valence electrons. The fourth-order valence-electron chi connectivity index (χ4n) is 3.07. The van der Waals surface area contributed by atoms with Crippen LogP contribution in [0.4, 0.5) is 0 Å². The van der Waals surface area contributed by atoms with Gasteiger partial charge in [0.05, 0.1) is 19.9 Å². The molecule has 9 nitrogen and oxygen atoms in total. The Kier molecular flexibility index (Phi) is 6.74. The van der Waals surface area contributed by atoms with E-state index < -0.39 is 11.9 Å². The standard InChI is InChI=1S/C24H18ClN5O4/c1-33-23(31)19-14-16(21(28-27-19)24(32)34-2)10-13-20-26-22(15-8-11-17(25)12-9-15)29-30(20)18-6-4-3-5-7-18/h3-14H,1-2H3/b13-10+. The fraction of sp³-hybridized carbons (Fsp3) is 0.0833. The molecule has 2 aromatic carbocycles. The Balaban J connectivity index is 1.81. The highest BCUT2D eigenvalue weighted by molar-refractivity contribution is 6.30. The number of ether oxygens (including phenoxy) is 2. The second kappa shape index (κ2) is 10.1. The maximum Gasteiger partial charge on any atom is 0.359 e. The second-order valence-corrected chi connectivity index (χ2v) is 7.33. The van der Waals surface area contributed by atoms with E-state index in [1.54, 1.807) is 29.0 Å². The molecule has 10 heteroatoms. The van der Waals surface area contributed by atoms with Crippen molar-refractivity contribution in [3.63, 3.8) is 0 Å². The number of carbonyl (C=O) groups excluding carboxylic acids is 2. The molecule has 4 rings (SSSR count). The molecule has 2 heterocycles. The lowest BCUT2D eigenvalue weighted by Gasteiger charge is -2.05. The normalized spacial score (nSPS) is 10.9. The monoisotopic (exact) mass is 475 g/mol. The lowest BCUT2D eigenvalue weighted by Crippen LogP contribution is -2.13. The molecular weight excluding hydrogens is 458 g/mol. The number of halogens is 1. The summed E-state index contributed by atoms with van der Waals surface area (Å²) in [6, 6.07) is 18.0. The summed E-state index contributed by atoms with van der Waals surface area (Å²) in [5.74, 6) is -0.425. The van der Waals surface area contributed by atoms with Crippen molar-refractivity contribution in [3.05, 3.63) is 88.5 Å². The van der Waals surface area contributed by atoms with Gasteiger partial charge in [0.2, 0.25) is 0 Å². The van der Waals surface area contributed by atoms with Crippen LogP contribution in [0.2, 0.25) is 5.02 Å². The molecule has 0 amide bonds. The lowest BCUT2D eigenvalue weighted by molar-refractivity contribution is 0.0573. The molecule has 2 aromatic heterocycles. The van der Waals surface area contributed by atoms with Crippen molar-refractivity contribution in [3.8, 4) is 17.1 Å². The first-order valence-corrected chi connectivity index (χ1v) is 10.4. The van der Waals surface area contributed by atoms with Crippen molar-refractivity contribution >= 4 is 35.7 Å². The highest BCUT2D eigenvalue weighted by Crippen LogP contribution is 2.22. The maximum atomic E-state index is 12.2. The van der Waals surface area contributed by atoms with E-state index in [0.29, 0.717) is 22.2 Å². The van der Waals surface area contributed by atoms with E-state index in [9.17, 15) is 9.59 Å². The number of esters is 2. The summed E-state index contributed by atoms with van der Waals surface area (Å²) in [6.07, 6.45) is 3.24. The predicted molar refractivity (Wildman–Crippen MR) is 125 cm³/mol. The third-order valence-corrected chi connectivity index (χ3v) is 5.00. The van der Waals surface area contributed by atoms with Crippen molar-refractivity contribution in [1.82, 2.24) is 25.0 Å². The van der Waals surface area contributed by atoms with Crippen LogP contribution >= 0.6 is 11.6 Å². The van der Waals surface area contributed by atoms with E-state index in [-0.39, 0.29) is 11.4 Å². The molecule has 0 spiro atoms. The van der Waals surface area contributed by atoms with Crippen molar-refractivity contribution in [2.45, 2.75) is 0 Å². The molecule has 4 aromatic rings. The predicted octanol–water partition coefficient (Wildman–Crippen LogP) is 4.12. The number of methoxy groups -OCH3 is 2. The number of para-hydroxylation sites is 1. The van der Waals surface area contributed by atoms with Gasteiger partial charge in [-0.1, -0.05) is 29.8 Å². The average molecular weight is 476 g/mol. The van der Waals surface area contributed by atoms with Crippen molar-refractivity contribution in [2.75, 3.05) is 14.2 Å². The number of benzene rings is 2. The minimum Gasteiger partial charge on any atom is -0.464 e. The summed E-state index contributed by atoms with van der Waals surface area (Å²) in [7, 11) is 2.46. The first kappa shape index (κ1) is 22.8. The lowest BCUT2D eigenvalue weighted by atomic mass is 10.1. The van der Waals surface area contributed by atoms with Crippen molar-refractivity contribution < 1.29 is 19.1 Å². The van der Waals surface area contributed by atoms with E-state index >= 15 is 0 Å². The Hall–Kier alpha value is -4.37. The summed E-state index contributed by atoms with van der Waals surface area (Å²) in [5, 5.41) is 12.8. The van der Waals surface area contributed by atoms with Gasteiger partial charge < -0.3 is 9.47 Å². The van der Waals surface area contributed by atoms with Gasteiger partial charge in [0.1, 0.15) is 0 Å². The molecule has 0 unspecified atom stereocenters. The Morgan fingerprint density at radius 1 is 0.912 bits per heavy atom. The first-order valence-electron chi connectivity index (χ1n) is 10.0.